The predicted octanol–water partition coefficient (Wildman–Crippen LogP) is 19.6. The Hall–Kier alpha value is -16.0. The van der Waals surface area contributed by atoms with Crippen LogP contribution in [0.1, 0.15) is 53.1 Å². The molecule has 6 amide bonds. The van der Waals surface area contributed by atoms with Crippen molar-refractivity contribution in [1.82, 2.24) is 65.6 Å². The number of anilines is 5. The molecule has 0 aliphatic carbocycles. The second-order valence-electron chi connectivity index (χ2n) is 26.4. The first-order valence-electron chi connectivity index (χ1n) is 35.7. The van der Waals surface area contributed by atoms with Crippen molar-refractivity contribution >= 4 is 102 Å². The van der Waals surface area contributed by atoms with Crippen LogP contribution in [0.15, 0.2) is 286 Å². The van der Waals surface area contributed by atoms with Crippen molar-refractivity contribution in [3.8, 4) is 55.6 Å². The normalized spacial score (nSPS) is 11.1. The molecule has 586 valence electrons. The van der Waals surface area contributed by atoms with Crippen LogP contribution in [0.4, 0.5) is 68.4 Å². The van der Waals surface area contributed by atoms with E-state index in [9.17, 15) is 59.1 Å². The van der Waals surface area contributed by atoms with Crippen LogP contribution >= 0.6 is 0 Å². The summed E-state index contributed by atoms with van der Waals surface area (Å²) in [6.07, 6.45) is 3.86. The highest BCUT2D eigenvalue weighted by molar-refractivity contribution is 6.15. The Morgan fingerprint density at radius 1 is 0.297 bits per heavy atom. The molecule has 0 spiro atoms. The van der Waals surface area contributed by atoms with Gasteiger partial charge in [0.2, 0.25) is 0 Å². The number of alkyl halides is 6. The third-order valence-electron chi connectivity index (χ3n) is 18.1. The van der Waals surface area contributed by atoms with E-state index in [2.05, 4.69) is 87.3 Å². The highest BCUT2D eigenvalue weighted by Crippen LogP contribution is 2.35. The van der Waals surface area contributed by atoms with Crippen LogP contribution in [0.2, 0.25) is 0 Å². The maximum atomic E-state index is 13.6. The van der Waals surface area contributed by atoms with Crippen molar-refractivity contribution in [2.45, 2.75) is 12.4 Å². The summed E-state index contributed by atoms with van der Waals surface area (Å²) in [5, 5.41) is 43.9. The molecule has 8 aromatic heterocycles. The first-order chi connectivity index (χ1) is 56.9. The van der Waals surface area contributed by atoms with E-state index in [0.29, 0.717) is 66.8 Å². The van der Waals surface area contributed by atoms with Crippen LogP contribution in [0.25, 0.3) is 99.2 Å². The van der Waals surface area contributed by atoms with Crippen molar-refractivity contribution in [3.05, 3.63) is 332 Å². The zero-order chi connectivity index (χ0) is 82.6. The van der Waals surface area contributed by atoms with Gasteiger partial charge in [-0.15, -0.1) is 0 Å². The lowest BCUT2D eigenvalue weighted by molar-refractivity contribution is -0.138. The third kappa shape index (κ3) is 18.9. The van der Waals surface area contributed by atoms with Gasteiger partial charge in [-0.25, -0.2) is 13.6 Å². The number of hydrogen-bond donors (Lipinski definition) is 9. The molecule has 8 heterocycles. The molecule has 0 bridgehead atoms. The molecule has 0 fully saturated rings. The molecular weight excluding hydrogens is 1530 g/mol. The molecule has 0 saturated carbocycles. The Morgan fingerprint density at radius 3 is 1.03 bits per heavy atom. The molecular formula is C87H62F8N18O5. The quantitative estimate of drug-likeness (QED) is 0.0458. The molecule has 9 aromatic carbocycles. The van der Waals surface area contributed by atoms with Gasteiger partial charge in [0, 0.05) is 118 Å². The average molecular weight is 1590 g/mol. The molecule has 0 saturated heterocycles. The number of fused-ring (bicyclic) bond motifs is 4. The summed E-state index contributed by atoms with van der Waals surface area (Å²) in [7, 11) is 3.34. The molecule has 17 rings (SSSR count). The highest BCUT2D eigenvalue weighted by Gasteiger charge is 2.32. The summed E-state index contributed by atoms with van der Waals surface area (Å²) in [5.74, 6) is -2.53. The summed E-state index contributed by atoms with van der Waals surface area (Å²) in [4.78, 5) is 80.5. The van der Waals surface area contributed by atoms with Gasteiger partial charge in [-0.3, -0.25) is 59.5 Å². The van der Waals surface area contributed by atoms with Crippen LogP contribution in [0.3, 0.4) is 0 Å². The van der Waals surface area contributed by atoms with Gasteiger partial charge in [-0.05, 0) is 191 Å². The molecule has 0 radical (unpaired) electrons. The molecule has 0 atom stereocenters. The van der Waals surface area contributed by atoms with E-state index < -0.39 is 41.1 Å². The number of aromatic nitrogens is 12. The Labute approximate surface area is 663 Å². The number of urea groups is 1. The summed E-state index contributed by atoms with van der Waals surface area (Å²) in [6.45, 7) is 0. The number of amides is 6. The SMILES string of the molecule is CN(C)C(=O)Nc1cncc(-c2ccc3[nH]nc(C(=O)Nc4ccccc4)c3c2)c1.O=C(Nc1ccc(C(F)(F)F)cc1)c1n[nH]c2ccc(-c3cccnc3)cc12.O=C(Nc1ccc(C(F)(F)F)cc1)c1n[nH]c2ccc(-c3cncc(F)c3)cc12.O=C(Nc1cccc(-c2cccc(F)c2)c1)c1n[nH]c2ccc(-c3cccnc3)cc12. The van der Waals surface area contributed by atoms with E-state index in [1.54, 1.807) is 87.7 Å². The summed E-state index contributed by atoms with van der Waals surface area (Å²) >= 11 is 0. The van der Waals surface area contributed by atoms with Gasteiger partial charge < -0.3 is 31.5 Å². The molecule has 0 unspecified atom stereocenters. The number of para-hydroxylation sites is 1. The number of hydrogen-bond acceptors (Lipinski definition) is 13. The zero-order valence-electron chi connectivity index (χ0n) is 61.7. The van der Waals surface area contributed by atoms with E-state index in [0.717, 1.165) is 91.4 Å². The maximum Gasteiger partial charge on any atom is 0.416 e. The number of carbonyl (C=O) groups excluding carboxylic acids is 5. The van der Waals surface area contributed by atoms with E-state index in [1.807, 2.05) is 133 Å². The number of H-pyrrole nitrogens is 4. The lowest BCUT2D eigenvalue weighted by Gasteiger charge is -2.12. The number of carbonyl (C=O) groups is 5. The number of nitrogens with zero attached hydrogens (tertiary/aromatic N) is 9. The third-order valence-corrected chi connectivity index (χ3v) is 18.1. The van der Waals surface area contributed by atoms with Gasteiger partial charge in [0.15, 0.2) is 22.8 Å². The standard InChI is InChI=1S/C25H17FN4O.C22H20N6O2.C20H12F4N4O.C20H13F3N4O/c26-20-7-1-4-16(12-20)17-5-2-8-21(13-17)28-25(31)24-22-14-18(9-10-23(22)29-30-24)19-6-3-11-27-15-19;1-28(2)22(30)25-17-10-15(12-23-13-17)14-8-9-19-18(11-14)20(27-26-19)21(29)24-16-6-4-3-5-7-16;21-14-7-12(9-25-10-14)11-1-6-17-16(8-11)18(28-27-17)19(29)26-15-4-2-13(3-5-15)20(22,23)24;21-20(22,23)14-4-6-15(7-5-14)25-19(28)18-16-10-12(3-8-17(16)26-27-18)13-2-1-9-24-11-13/h1-15H,(H,28,31)(H,29,30);3-13H,1-2H3,(H,24,29)(H,25,30)(H,26,27);1-10H,(H,26,29)(H,27,28);1-11H,(H,25,28)(H,26,27). The van der Waals surface area contributed by atoms with E-state index in [-0.39, 0.29) is 46.4 Å². The fraction of sp³-hybridized carbons (Fsp3) is 0.0460. The summed E-state index contributed by atoms with van der Waals surface area (Å²) in [6, 6.07) is 63.7. The lowest BCUT2D eigenvalue weighted by atomic mass is 10.0. The minimum atomic E-state index is -4.46. The number of aromatic amines is 4. The minimum Gasteiger partial charge on any atom is -0.331 e. The molecule has 17 aromatic rings. The van der Waals surface area contributed by atoms with Gasteiger partial charge in [0.25, 0.3) is 23.6 Å². The molecule has 118 heavy (non-hydrogen) atoms. The fourth-order valence-electron chi connectivity index (χ4n) is 12.2. The molecule has 23 nitrogen and oxygen atoms in total. The first kappa shape index (κ1) is 78.7. The number of pyridine rings is 4. The molecule has 0 aliphatic rings. The van der Waals surface area contributed by atoms with E-state index in [4.69, 9.17) is 0 Å². The predicted molar refractivity (Wildman–Crippen MR) is 433 cm³/mol. The number of rotatable bonds is 14. The Bertz CT molecular complexity index is 6520. The van der Waals surface area contributed by atoms with Crippen LogP contribution in [0, 0.1) is 11.6 Å². The Morgan fingerprint density at radius 2 is 0.636 bits per heavy atom. The lowest BCUT2D eigenvalue weighted by Crippen LogP contribution is -2.27. The largest absolute Gasteiger partial charge is 0.416 e. The van der Waals surface area contributed by atoms with Gasteiger partial charge in [-0.2, -0.15) is 46.7 Å². The van der Waals surface area contributed by atoms with Crippen molar-refractivity contribution < 1.29 is 59.1 Å². The van der Waals surface area contributed by atoms with Gasteiger partial charge in [0.05, 0.1) is 51.3 Å². The van der Waals surface area contributed by atoms with Crippen molar-refractivity contribution in [3.63, 3.8) is 0 Å². The smallest absolute Gasteiger partial charge is 0.331 e. The van der Waals surface area contributed by atoms with Crippen molar-refractivity contribution in [1.29, 1.82) is 0 Å². The van der Waals surface area contributed by atoms with Crippen molar-refractivity contribution in [2.24, 2.45) is 0 Å². The Balaban J connectivity index is 0.000000129. The van der Waals surface area contributed by atoms with Gasteiger partial charge in [0.1, 0.15) is 11.6 Å². The Kier molecular flexibility index (Phi) is 23.1. The fourth-order valence-corrected chi connectivity index (χ4v) is 12.2. The average Bonchev–Trinajstić information content (AvgIpc) is 1.64. The molecule has 9 N–H and O–H groups in total. The van der Waals surface area contributed by atoms with Crippen LogP contribution < -0.4 is 26.6 Å². The highest BCUT2D eigenvalue weighted by atomic mass is 19.4. The topological polar surface area (TPSA) is 315 Å². The number of benzene rings is 9. The van der Waals surface area contributed by atoms with Gasteiger partial charge >= 0.3 is 18.4 Å². The van der Waals surface area contributed by atoms with E-state index in [1.165, 1.54) is 53.6 Å². The number of halogens is 8. The summed E-state index contributed by atoms with van der Waals surface area (Å²) < 4.78 is 103. The van der Waals surface area contributed by atoms with Crippen molar-refractivity contribution in [2.75, 3.05) is 40.7 Å². The van der Waals surface area contributed by atoms with Crippen LogP contribution in [-0.4, -0.2) is 109 Å². The first-order valence-corrected chi connectivity index (χ1v) is 35.7. The second kappa shape index (κ2) is 34.6. The van der Waals surface area contributed by atoms with Gasteiger partial charge in [-0.1, -0.05) is 78.9 Å². The van der Waals surface area contributed by atoms with Crippen LogP contribution in [-0.2, 0) is 12.4 Å². The van der Waals surface area contributed by atoms with E-state index >= 15 is 0 Å². The maximum absolute atomic E-state index is 13.6. The zero-order valence-corrected chi connectivity index (χ0v) is 61.7. The monoisotopic (exact) mass is 1590 g/mol. The number of nitrogens with one attached hydrogen (secondary N) is 9. The van der Waals surface area contributed by atoms with Crippen LogP contribution in [0.5, 0.6) is 0 Å². The second-order valence-corrected chi connectivity index (χ2v) is 26.4. The molecule has 0 aliphatic heterocycles. The molecule has 31 heteroatoms. The summed E-state index contributed by atoms with van der Waals surface area (Å²) in [5.41, 5.74) is 12.4. The minimum absolute atomic E-state index is 0.0612.